The Hall–Kier alpha value is -3.86. The summed E-state index contributed by atoms with van der Waals surface area (Å²) in [5.74, 6) is 0.0133. The highest BCUT2D eigenvalue weighted by atomic mass is 16.5. The predicted molar refractivity (Wildman–Crippen MR) is 141 cm³/mol. The van der Waals surface area contributed by atoms with Gasteiger partial charge in [0.1, 0.15) is 5.75 Å². The van der Waals surface area contributed by atoms with Gasteiger partial charge in [0.15, 0.2) is 11.5 Å². The van der Waals surface area contributed by atoms with Crippen LogP contribution in [0.25, 0.3) is 0 Å². The topological polar surface area (TPSA) is 66.8 Å². The number of aryl methyl sites for hydroxylation is 2. The largest absolute Gasteiger partial charge is 0.503 e. The maximum Gasteiger partial charge on any atom is 0.290 e. The van der Waals surface area contributed by atoms with Gasteiger partial charge < -0.3 is 14.7 Å². The van der Waals surface area contributed by atoms with Crippen molar-refractivity contribution in [2.75, 3.05) is 6.61 Å². The first-order chi connectivity index (χ1) is 17.3. The highest BCUT2D eigenvalue weighted by Gasteiger charge is 2.43. The van der Waals surface area contributed by atoms with Crippen molar-refractivity contribution in [3.63, 3.8) is 0 Å². The SMILES string of the molecule is Cc1cccc(C2C(C(=O)CCc3ccccc3)=C(O)C(=O)N2Cc2ccc(OCC(C)C)cc2)c1. The monoisotopic (exact) mass is 483 g/mol. The minimum absolute atomic E-state index is 0.179. The number of ketones is 1. The Kier molecular flexibility index (Phi) is 7.89. The molecule has 1 N–H and O–H groups in total. The lowest BCUT2D eigenvalue weighted by Crippen LogP contribution is -2.30. The van der Waals surface area contributed by atoms with E-state index in [0.29, 0.717) is 18.9 Å². The van der Waals surface area contributed by atoms with Crippen molar-refractivity contribution in [1.82, 2.24) is 4.90 Å². The Morgan fingerprint density at radius 1 is 0.972 bits per heavy atom. The van der Waals surface area contributed by atoms with Gasteiger partial charge in [0, 0.05) is 13.0 Å². The normalized spacial score (nSPS) is 15.6. The van der Waals surface area contributed by atoms with Crippen LogP contribution in [0.3, 0.4) is 0 Å². The predicted octanol–water partition coefficient (Wildman–Crippen LogP) is 6.13. The van der Waals surface area contributed by atoms with Crippen LogP contribution in [-0.2, 0) is 22.6 Å². The van der Waals surface area contributed by atoms with Crippen molar-refractivity contribution < 1.29 is 19.4 Å². The van der Waals surface area contributed by atoms with E-state index < -0.39 is 17.7 Å². The van der Waals surface area contributed by atoms with Crippen LogP contribution in [0.1, 0.15) is 48.6 Å². The Morgan fingerprint density at radius 3 is 2.36 bits per heavy atom. The average Bonchev–Trinajstić information content (AvgIpc) is 3.12. The Morgan fingerprint density at radius 2 is 1.69 bits per heavy atom. The smallest absolute Gasteiger partial charge is 0.290 e. The lowest BCUT2D eigenvalue weighted by atomic mass is 9.92. The Bertz CT molecular complexity index is 1250. The second kappa shape index (κ2) is 11.3. The Balaban J connectivity index is 1.59. The average molecular weight is 484 g/mol. The van der Waals surface area contributed by atoms with Crippen LogP contribution in [0.2, 0.25) is 0 Å². The zero-order chi connectivity index (χ0) is 25.7. The van der Waals surface area contributed by atoms with E-state index in [2.05, 4.69) is 13.8 Å². The van der Waals surface area contributed by atoms with Crippen molar-refractivity contribution in [1.29, 1.82) is 0 Å². The fourth-order valence-corrected chi connectivity index (χ4v) is 4.48. The molecular weight excluding hydrogens is 450 g/mol. The lowest BCUT2D eigenvalue weighted by Gasteiger charge is -2.27. The molecule has 36 heavy (non-hydrogen) atoms. The third-order valence-electron chi connectivity index (χ3n) is 6.31. The summed E-state index contributed by atoms with van der Waals surface area (Å²) in [6, 6.07) is 24.5. The van der Waals surface area contributed by atoms with Gasteiger partial charge in [-0.1, -0.05) is 86.1 Å². The number of amides is 1. The first-order valence-electron chi connectivity index (χ1n) is 12.4. The summed E-state index contributed by atoms with van der Waals surface area (Å²) in [4.78, 5) is 28.2. The number of ether oxygens (including phenoxy) is 1. The third-order valence-corrected chi connectivity index (χ3v) is 6.31. The molecule has 0 fully saturated rings. The van der Waals surface area contributed by atoms with Crippen molar-refractivity contribution in [3.05, 3.63) is 112 Å². The highest BCUT2D eigenvalue weighted by molar-refractivity contribution is 6.09. The van der Waals surface area contributed by atoms with Gasteiger partial charge in [0.05, 0.1) is 18.2 Å². The van der Waals surface area contributed by atoms with E-state index in [1.807, 2.05) is 85.8 Å². The number of carbonyl (C=O) groups is 2. The van der Waals surface area contributed by atoms with E-state index in [1.54, 1.807) is 4.90 Å². The number of carbonyl (C=O) groups excluding carboxylic acids is 2. The second-order valence-electron chi connectivity index (χ2n) is 9.77. The molecule has 5 nitrogen and oxygen atoms in total. The third kappa shape index (κ3) is 5.85. The molecule has 4 rings (SSSR count). The van der Waals surface area contributed by atoms with E-state index in [4.69, 9.17) is 4.74 Å². The van der Waals surface area contributed by atoms with Crippen LogP contribution in [0.15, 0.2) is 90.2 Å². The van der Waals surface area contributed by atoms with Gasteiger partial charge in [0.25, 0.3) is 5.91 Å². The molecule has 1 atom stereocenters. The van der Waals surface area contributed by atoms with E-state index in [0.717, 1.165) is 28.0 Å². The summed E-state index contributed by atoms with van der Waals surface area (Å²) in [5, 5.41) is 10.9. The summed E-state index contributed by atoms with van der Waals surface area (Å²) >= 11 is 0. The van der Waals surface area contributed by atoms with Crippen LogP contribution in [0.5, 0.6) is 5.75 Å². The number of hydrogen-bond acceptors (Lipinski definition) is 4. The number of nitrogens with zero attached hydrogens (tertiary/aromatic N) is 1. The summed E-state index contributed by atoms with van der Waals surface area (Å²) in [7, 11) is 0. The van der Waals surface area contributed by atoms with Crippen LogP contribution in [0.4, 0.5) is 0 Å². The fourth-order valence-electron chi connectivity index (χ4n) is 4.48. The van der Waals surface area contributed by atoms with Gasteiger partial charge in [0.2, 0.25) is 0 Å². The summed E-state index contributed by atoms with van der Waals surface area (Å²) < 4.78 is 5.77. The number of hydrogen-bond donors (Lipinski definition) is 1. The summed E-state index contributed by atoms with van der Waals surface area (Å²) in [6.45, 7) is 7.06. The van der Waals surface area contributed by atoms with Crippen LogP contribution >= 0.6 is 0 Å². The van der Waals surface area contributed by atoms with Crippen molar-refractivity contribution >= 4 is 11.7 Å². The van der Waals surface area contributed by atoms with Gasteiger partial charge in [-0.25, -0.2) is 0 Å². The number of benzene rings is 3. The number of rotatable bonds is 10. The molecule has 5 heteroatoms. The van der Waals surface area contributed by atoms with Gasteiger partial charge in [-0.05, 0) is 48.1 Å². The van der Waals surface area contributed by atoms with Crippen molar-refractivity contribution in [3.8, 4) is 5.75 Å². The molecule has 1 aliphatic rings. The summed E-state index contributed by atoms with van der Waals surface area (Å²) in [5.41, 5.74) is 3.95. The van der Waals surface area contributed by atoms with Crippen molar-refractivity contribution in [2.45, 2.75) is 46.2 Å². The molecule has 3 aromatic rings. The zero-order valence-corrected chi connectivity index (χ0v) is 21.1. The molecule has 3 aromatic carbocycles. The van der Waals surface area contributed by atoms with E-state index in [9.17, 15) is 14.7 Å². The Labute approximate surface area is 213 Å². The molecular formula is C31H33NO4. The van der Waals surface area contributed by atoms with Gasteiger partial charge >= 0.3 is 0 Å². The molecule has 1 heterocycles. The molecule has 1 aliphatic heterocycles. The first-order valence-corrected chi connectivity index (χ1v) is 12.4. The molecule has 0 bridgehead atoms. The van der Waals surface area contributed by atoms with Crippen molar-refractivity contribution in [2.24, 2.45) is 5.92 Å². The quantitative estimate of drug-likeness (QED) is 0.377. The van der Waals surface area contributed by atoms with E-state index >= 15 is 0 Å². The second-order valence-corrected chi connectivity index (χ2v) is 9.77. The zero-order valence-electron chi connectivity index (χ0n) is 21.1. The standard InChI is InChI=1S/C31H33NO4/c1-21(2)20-36-26-15-12-24(13-16-26)19-32-29(25-11-7-8-22(3)18-25)28(30(34)31(32)35)27(33)17-14-23-9-5-4-6-10-23/h4-13,15-16,18,21,29,34H,14,17,19-20H2,1-3H3. The molecule has 0 aliphatic carbocycles. The minimum Gasteiger partial charge on any atom is -0.503 e. The molecule has 186 valence electrons. The van der Waals surface area contributed by atoms with Gasteiger partial charge in [-0.3, -0.25) is 9.59 Å². The molecule has 0 radical (unpaired) electrons. The number of aliphatic hydroxyl groups excluding tert-OH is 1. The maximum absolute atomic E-state index is 13.4. The minimum atomic E-state index is -0.641. The van der Waals surface area contributed by atoms with Crippen LogP contribution < -0.4 is 4.74 Å². The number of aliphatic hydroxyl groups is 1. The molecule has 1 unspecified atom stereocenters. The van der Waals surface area contributed by atoms with Gasteiger partial charge in [-0.15, -0.1) is 0 Å². The fraction of sp³-hybridized carbons (Fsp3) is 0.290. The summed E-state index contributed by atoms with van der Waals surface area (Å²) in [6.07, 6.45) is 0.762. The molecule has 0 saturated carbocycles. The van der Waals surface area contributed by atoms with Crippen LogP contribution in [-0.4, -0.2) is 28.3 Å². The van der Waals surface area contributed by atoms with Gasteiger partial charge in [-0.2, -0.15) is 0 Å². The molecule has 0 saturated heterocycles. The van der Waals surface area contributed by atoms with E-state index in [-0.39, 0.29) is 24.3 Å². The van der Waals surface area contributed by atoms with E-state index in [1.165, 1.54) is 0 Å². The lowest BCUT2D eigenvalue weighted by molar-refractivity contribution is -0.130. The molecule has 0 aromatic heterocycles. The molecule has 0 spiro atoms. The maximum atomic E-state index is 13.4. The highest BCUT2D eigenvalue weighted by Crippen LogP contribution is 2.39. The molecule has 1 amide bonds. The first kappa shape index (κ1) is 25.2. The number of Topliss-reactive ketones (excluding diaryl/α,β-unsaturated/α-hetero) is 1. The van der Waals surface area contributed by atoms with Crippen LogP contribution in [0, 0.1) is 12.8 Å².